The molecule has 0 unspecified atom stereocenters. The molecule has 178 valence electrons. The van der Waals surface area contributed by atoms with E-state index in [1.807, 2.05) is 48.5 Å². The average Bonchev–Trinajstić information content (AvgIpc) is 3.26. The molecule has 0 spiro atoms. The van der Waals surface area contributed by atoms with Crippen molar-refractivity contribution in [1.82, 2.24) is 0 Å². The van der Waals surface area contributed by atoms with Crippen molar-refractivity contribution in [2.24, 2.45) is 5.73 Å². The van der Waals surface area contributed by atoms with E-state index in [9.17, 15) is 9.59 Å². The number of nitrogens with one attached hydrogen (secondary N) is 1. The maximum absolute atomic E-state index is 13.1. The summed E-state index contributed by atoms with van der Waals surface area (Å²) in [5.41, 5.74) is 8.09. The molecule has 2 amide bonds. The van der Waals surface area contributed by atoms with Gasteiger partial charge in [0.2, 0.25) is 0 Å². The van der Waals surface area contributed by atoms with Gasteiger partial charge in [0, 0.05) is 27.4 Å². The first-order valence-corrected chi connectivity index (χ1v) is 12.0. The fourth-order valence-electron chi connectivity index (χ4n) is 3.48. The van der Waals surface area contributed by atoms with Crippen molar-refractivity contribution in [2.75, 3.05) is 12.4 Å². The molecule has 6 nitrogen and oxygen atoms in total. The topological polar surface area (TPSA) is 90.6 Å². The van der Waals surface area contributed by atoms with Gasteiger partial charge < -0.3 is 20.5 Å². The Bertz CT molecular complexity index is 1350. The Morgan fingerprint density at radius 3 is 2.43 bits per heavy atom. The summed E-state index contributed by atoms with van der Waals surface area (Å²) in [6.45, 7) is 0.209. The molecule has 0 saturated carbocycles. The second-order valence-electron chi connectivity index (χ2n) is 7.68. The van der Waals surface area contributed by atoms with Crippen molar-refractivity contribution in [3.8, 4) is 11.5 Å². The molecule has 3 aromatic carbocycles. The minimum absolute atomic E-state index is 0.209. The van der Waals surface area contributed by atoms with Gasteiger partial charge in [0.05, 0.1) is 12.7 Å². The van der Waals surface area contributed by atoms with Crippen LogP contribution in [0.5, 0.6) is 11.5 Å². The van der Waals surface area contributed by atoms with Gasteiger partial charge >= 0.3 is 0 Å². The van der Waals surface area contributed by atoms with Crippen LogP contribution in [0.1, 0.15) is 36.7 Å². The molecule has 0 radical (unpaired) electrons. The number of benzene rings is 3. The number of amides is 2. The van der Waals surface area contributed by atoms with Gasteiger partial charge in [0.1, 0.15) is 11.6 Å². The number of primary amides is 1. The molecule has 8 heteroatoms. The number of rotatable bonds is 9. The summed E-state index contributed by atoms with van der Waals surface area (Å²) < 4.78 is 11.3. The van der Waals surface area contributed by atoms with Gasteiger partial charge in [-0.15, -0.1) is 11.3 Å². The zero-order chi connectivity index (χ0) is 24.8. The second kappa shape index (κ2) is 11.1. The van der Waals surface area contributed by atoms with E-state index in [1.165, 1.54) is 18.4 Å². The summed E-state index contributed by atoms with van der Waals surface area (Å²) in [5.74, 6) is -0.126. The smallest absolute Gasteiger partial charge is 0.256 e. The van der Waals surface area contributed by atoms with E-state index in [0.717, 1.165) is 16.0 Å². The Morgan fingerprint density at radius 1 is 0.971 bits per heavy atom. The summed E-state index contributed by atoms with van der Waals surface area (Å²) in [6, 6.07) is 23.8. The van der Waals surface area contributed by atoms with E-state index in [4.69, 9.17) is 26.8 Å². The van der Waals surface area contributed by atoms with Gasteiger partial charge in [-0.3, -0.25) is 9.59 Å². The van der Waals surface area contributed by atoms with Crippen LogP contribution in [0.25, 0.3) is 0 Å². The molecule has 0 aliphatic heterocycles. The average molecular weight is 507 g/mol. The largest absolute Gasteiger partial charge is 0.493 e. The number of halogens is 1. The van der Waals surface area contributed by atoms with Gasteiger partial charge in [-0.2, -0.15) is 0 Å². The van der Waals surface area contributed by atoms with Gasteiger partial charge in [-0.05, 0) is 35.9 Å². The molecule has 1 aromatic heterocycles. The molecule has 0 bridgehead atoms. The Hall–Kier alpha value is -3.81. The Morgan fingerprint density at radius 2 is 1.71 bits per heavy atom. The molecule has 1 heterocycles. The molecule has 4 rings (SSSR count). The van der Waals surface area contributed by atoms with Crippen molar-refractivity contribution >= 4 is 39.8 Å². The van der Waals surface area contributed by atoms with Crippen LogP contribution in [0.15, 0.2) is 78.9 Å². The molecule has 4 aromatic rings. The van der Waals surface area contributed by atoms with Crippen molar-refractivity contribution in [3.63, 3.8) is 0 Å². The molecule has 0 saturated heterocycles. The summed E-state index contributed by atoms with van der Waals surface area (Å²) >= 11 is 7.54. The molecule has 0 atom stereocenters. The van der Waals surface area contributed by atoms with E-state index >= 15 is 0 Å². The first-order chi connectivity index (χ1) is 16.9. The number of carbonyl (C=O) groups is 2. The number of hydrogen-bond acceptors (Lipinski definition) is 5. The maximum Gasteiger partial charge on any atom is 0.256 e. The van der Waals surface area contributed by atoms with Crippen molar-refractivity contribution in [1.29, 1.82) is 0 Å². The highest BCUT2D eigenvalue weighted by molar-refractivity contribution is 7.16. The van der Waals surface area contributed by atoms with Gasteiger partial charge in [0.25, 0.3) is 11.8 Å². The van der Waals surface area contributed by atoms with Crippen LogP contribution in [0.3, 0.4) is 0 Å². The quantitative estimate of drug-likeness (QED) is 0.294. The van der Waals surface area contributed by atoms with Crippen LogP contribution in [0.4, 0.5) is 5.00 Å². The van der Waals surface area contributed by atoms with Crippen molar-refractivity contribution in [3.05, 3.63) is 111 Å². The zero-order valence-corrected chi connectivity index (χ0v) is 20.5. The molecule has 0 aliphatic rings. The highest BCUT2D eigenvalue weighted by Gasteiger charge is 2.18. The van der Waals surface area contributed by atoms with E-state index in [0.29, 0.717) is 33.5 Å². The van der Waals surface area contributed by atoms with Gasteiger partial charge in [-0.1, -0.05) is 60.1 Å². The number of thiophene rings is 1. The monoisotopic (exact) mass is 506 g/mol. The summed E-state index contributed by atoms with van der Waals surface area (Å²) in [4.78, 5) is 26.0. The Balaban J connectivity index is 1.54. The van der Waals surface area contributed by atoms with Crippen LogP contribution in [-0.2, 0) is 13.0 Å². The fraction of sp³-hybridized carbons (Fsp3) is 0.111. The molecule has 0 fully saturated rings. The Labute approximate surface area is 212 Å². The number of carbonyl (C=O) groups excluding carboxylic acids is 2. The first-order valence-electron chi connectivity index (χ1n) is 10.8. The molecular weight excluding hydrogens is 484 g/mol. The molecule has 35 heavy (non-hydrogen) atoms. The summed E-state index contributed by atoms with van der Waals surface area (Å²) in [5, 5.41) is 3.82. The first kappa shape index (κ1) is 24.3. The predicted octanol–water partition coefficient (Wildman–Crippen LogP) is 5.93. The number of nitrogens with two attached hydrogens (primary N) is 1. The third-order valence-electron chi connectivity index (χ3n) is 5.26. The van der Waals surface area contributed by atoms with E-state index in [-0.39, 0.29) is 12.2 Å². The fourth-order valence-corrected chi connectivity index (χ4v) is 4.76. The number of anilines is 1. The third-order valence-corrected chi connectivity index (χ3v) is 6.68. The van der Waals surface area contributed by atoms with E-state index < -0.39 is 11.8 Å². The lowest BCUT2D eigenvalue weighted by atomic mass is 10.1. The second-order valence-corrected chi connectivity index (χ2v) is 9.23. The molecular formula is C27H23ClN2O4S. The standard InChI is InChI=1S/C27H23ClN2O4S/c1-33-23-12-11-18(14-24(23)34-16-19-9-5-6-10-22(19)28)26(32)30-27-21(25(29)31)15-20(35-27)13-17-7-3-2-4-8-17/h2-12,14-15H,13,16H2,1H3,(H2,29,31)(H,30,32). The predicted molar refractivity (Wildman–Crippen MR) is 139 cm³/mol. The highest BCUT2D eigenvalue weighted by Crippen LogP contribution is 2.32. The molecule has 3 N–H and O–H groups in total. The Kier molecular flexibility index (Phi) is 7.70. The van der Waals surface area contributed by atoms with Gasteiger partial charge in [-0.25, -0.2) is 0 Å². The summed E-state index contributed by atoms with van der Waals surface area (Å²) in [7, 11) is 1.52. The lowest BCUT2D eigenvalue weighted by Gasteiger charge is -2.13. The van der Waals surface area contributed by atoms with Crippen molar-refractivity contribution < 1.29 is 19.1 Å². The normalized spacial score (nSPS) is 10.6. The van der Waals surface area contributed by atoms with Crippen LogP contribution in [0, 0.1) is 0 Å². The van der Waals surface area contributed by atoms with E-state index in [2.05, 4.69) is 5.32 Å². The van der Waals surface area contributed by atoms with Crippen LogP contribution in [0.2, 0.25) is 5.02 Å². The zero-order valence-electron chi connectivity index (χ0n) is 18.9. The number of hydrogen-bond donors (Lipinski definition) is 2. The SMILES string of the molecule is COc1ccc(C(=O)Nc2sc(Cc3ccccc3)cc2C(N)=O)cc1OCc1ccccc1Cl. The van der Waals surface area contributed by atoms with Crippen LogP contribution < -0.4 is 20.5 Å². The lowest BCUT2D eigenvalue weighted by Crippen LogP contribution is -2.16. The van der Waals surface area contributed by atoms with E-state index in [1.54, 1.807) is 30.3 Å². The molecule has 0 aliphatic carbocycles. The number of methoxy groups -OCH3 is 1. The van der Waals surface area contributed by atoms with Crippen LogP contribution in [-0.4, -0.2) is 18.9 Å². The lowest BCUT2D eigenvalue weighted by molar-refractivity contribution is 0.100. The maximum atomic E-state index is 13.1. The van der Waals surface area contributed by atoms with Crippen LogP contribution >= 0.6 is 22.9 Å². The minimum Gasteiger partial charge on any atom is -0.493 e. The van der Waals surface area contributed by atoms with Gasteiger partial charge in [0.15, 0.2) is 11.5 Å². The highest BCUT2D eigenvalue weighted by atomic mass is 35.5. The third kappa shape index (κ3) is 6.01. The summed E-state index contributed by atoms with van der Waals surface area (Å²) in [6.07, 6.45) is 0.629. The minimum atomic E-state index is -0.602. The number of ether oxygens (including phenoxy) is 2. The van der Waals surface area contributed by atoms with Crippen molar-refractivity contribution in [2.45, 2.75) is 13.0 Å².